The van der Waals surface area contributed by atoms with E-state index in [2.05, 4.69) is 87.6 Å². The van der Waals surface area contributed by atoms with E-state index in [1.54, 1.807) is 5.56 Å². The third-order valence-corrected chi connectivity index (χ3v) is 6.76. The first kappa shape index (κ1) is 18.3. The molecule has 0 aromatic heterocycles. The topological polar surface area (TPSA) is 0 Å². The molecule has 1 aromatic rings. The predicted octanol–water partition coefficient (Wildman–Crippen LogP) is 7.32. The molecule has 0 nitrogen and oxygen atoms in total. The minimum atomic E-state index is 0.714. The normalized spacial score (nSPS) is 34.4. The summed E-state index contributed by atoms with van der Waals surface area (Å²) in [7, 11) is 0. The summed E-state index contributed by atoms with van der Waals surface area (Å²) in [5, 5.41) is 0. The van der Waals surface area contributed by atoms with Crippen molar-refractivity contribution in [3.63, 3.8) is 0 Å². The smallest absolute Gasteiger partial charge is 0.00252 e. The Hall–Kier alpha value is -2.08. The Labute approximate surface area is 165 Å². The molecule has 1 saturated carbocycles. The molecule has 0 heterocycles. The Morgan fingerprint density at radius 3 is 2.74 bits per heavy atom. The van der Waals surface area contributed by atoms with Crippen LogP contribution in [0.1, 0.15) is 57.1 Å². The van der Waals surface area contributed by atoms with Gasteiger partial charge in [-0.25, -0.2) is 0 Å². The van der Waals surface area contributed by atoms with Gasteiger partial charge in [-0.2, -0.15) is 0 Å². The van der Waals surface area contributed by atoms with Gasteiger partial charge in [-0.15, -0.1) is 0 Å². The molecule has 4 rings (SSSR count). The molecule has 3 aliphatic rings. The molecule has 0 amide bonds. The quantitative estimate of drug-likeness (QED) is 0.532. The van der Waals surface area contributed by atoms with Gasteiger partial charge in [0, 0.05) is 0 Å². The fourth-order valence-corrected chi connectivity index (χ4v) is 5.14. The summed E-state index contributed by atoms with van der Waals surface area (Å²) in [6.45, 7) is 7.33. The molecule has 0 bridgehead atoms. The SMILES string of the molecule is CC1CC(C)C(C)C(c2cccc(CC3=C/C4=C/C/C=C\C=C/C4=C3)c2)C1. The first-order valence-corrected chi connectivity index (χ1v) is 10.6. The van der Waals surface area contributed by atoms with Crippen molar-refractivity contribution in [1.29, 1.82) is 0 Å². The van der Waals surface area contributed by atoms with E-state index in [9.17, 15) is 0 Å². The number of benzene rings is 1. The van der Waals surface area contributed by atoms with Gasteiger partial charge >= 0.3 is 0 Å². The largest absolute Gasteiger partial charge is 0.0807 e. The highest BCUT2D eigenvalue weighted by Crippen LogP contribution is 2.43. The lowest BCUT2D eigenvalue weighted by Crippen LogP contribution is -2.27. The maximum absolute atomic E-state index is 2.48. The lowest BCUT2D eigenvalue weighted by atomic mass is 9.67. The summed E-state index contributed by atoms with van der Waals surface area (Å²) in [4.78, 5) is 0. The van der Waals surface area contributed by atoms with Crippen LogP contribution in [0.5, 0.6) is 0 Å². The Morgan fingerprint density at radius 2 is 1.85 bits per heavy atom. The average Bonchev–Trinajstić information content (AvgIpc) is 2.99. The number of hydrogen-bond acceptors (Lipinski definition) is 0. The van der Waals surface area contributed by atoms with E-state index in [-0.39, 0.29) is 0 Å². The minimum Gasteiger partial charge on any atom is -0.0807 e. The van der Waals surface area contributed by atoms with Crippen LogP contribution in [0.4, 0.5) is 0 Å². The van der Waals surface area contributed by atoms with E-state index < -0.39 is 0 Å². The maximum Gasteiger partial charge on any atom is -0.00252 e. The predicted molar refractivity (Wildman–Crippen MR) is 117 cm³/mol. The maximum atomic E-state index is 2.48. The van der Waals surface area contributed by atoms with E-state index in [0.29, 0.717) is 5.92 Å². The van der Waals surface area contributed by atoms with E-state index in [1.165, 1.54) is 35.1 Å². The van der Waals surface area contributed by atoms with Crippen LogP contribution in [0.2, 0.25) is 0 Å². The molecule has 140 valence electrons. The second-order valence-electron chi connectivity index (χ2n) is 8.94. The molecule has 0 N–H and O–H groups in total. The van der Waals surface area contributed by atoms with Gasteiger partial charge in [-0.3, -0.25) is 0 Å². The van der Waals surface area contributed by atoms with Crippen molar-refractivity contribution in [2.24, 2.45) is 17.8 Å². The fourth-order valence-electron chi connectivity index (χ4n) is 5.14. The lowest BCUT2D eigenvalue weighted by molar-refractivity contribution is 0.187. The third kappa shape index (κ3) is 4.10. The van der Waals surface area contributed by atoms with Gasteiger partial charge in [0.1, 0.15) is 0 Å². The Balaban J connectivity index is 1.54. The van der Waals surface area contributed by atoms with Gasteiger partial charge in [0.2, 0.25) is 0 Å². The number of allylic oxidation sites excluding steroid dienone is 10. The second kappa shape index (κ2) is 7.89. The second-order valence-corrected chi connectivity index (χ2v) is 8.94. The number of rotatable bonds is 3. The zero-order valence-corrected chi connectivity index (χ0v) is 17.0. The first-order valence-electron chi connectivity index (χ1n) is 10.6. The van der Waals surface area contributed by atoms with Gasteiger partial charge in [0.15, 0.2) is 0 Å². The van der Waals surface area contributed by atoms with Crippen LogP contribution >= 0.6 is 0 Å². The summed E-state index contributed by atoms with van der Waals surface area (Å²) in [5.74, 6) is 3.16. The highest BCUT2D eigenvalue weighted by atomic mass is 14.4. The summed E-state index contributed by atoms with van der Waals surface area (Å²) in [6.07, 6.45) is 20.6. The molecule has 0 heteroatoms. The molecule has 27 heavy (non-hydrogen) atoms. The molecule has 0 aliphatic heterocycles. The highest BCUT2D eigenvalue weighted by molar-refractivity contribution is 5.59. The van der Waals surface area contributed by atoms with Crippen LogP contribution in [0, 0.1) is 17.8 Å². The molecule has 0 saturated heterocycles. The molecular formula is C27H32. The lowest BCUT2D eigenvalue weighted by Gasteiger charge is -2.38. The van der Waals surface area contributed by atoms with Crippen molar-refractivity contribution >= 4 is 0 Å². The van der Waals surface area contributed by atoms with Crippen LogP contribution < -0.4 is 0 Å². The fraction of sp³-hybridized carbons (Fsp3) is 0.407. The standard InChI is InChI=1S/C27H32/c1-19-13-20(2)21(3)27(14-19)26-12-8-9-22(16-26)15-23-17-24-10-6-4-5-7-11-25(24)18-23/h4-6,8-12,16-21,27H,7,13-15H2,1-3H3/b5-4-,10-6-,25-11-. The summed E-state index contributed by atoms with van der Waals surface area (Å²) in [5.41, 5.74) is 7.17. The molecule has 4 unspecified atom stereocenters. The average molecular weight is 357 g/mol. The number of hydrogen-bond donors (Lipinski definition) is 0. The van der Waals surface area contributed by atoms with Gasteiger partial charge in [-0.05, 0) is 77.2 Å². The van der Waals surface area contributed by atoms with Gasteiger partial charge in [-0.1, -0.05) is 87.6 Å². The minimum absolute atomic E-state index is 0.714. The zero-order chi connectivity index (χ0) is 18.8. The monoisotopic (exact) mass is 356 g/mol. The summed E-state index contributed by atoms with van der Waals surface area (Å²) < 4.78 is 0. The molecule has 1 fully saturated rings. The Kier molecular flexibility index (Phi) is 5.34. The van der Waals surface area contributed by atoms with E-state index in [1.807, 2.05) is 0 Å². The molecule has 0 spiro atoms. The molecular weight excluding hydrogens is 324 g/mol. The van der Waals surface area contributed by atoms with E-state index in [0.717, 1.165) is 30.6 Å². The Morgan fingerprint density at radius 1 is 0.963 bits per heavy atom. The van der Waals surface area contributed by atoms with Crippen LogP contribution in [0.3, 0.4) is 0 Å². The summed E-state index contributed by atoms with van der Waals surface area (Å²) in [6, 6.07) is 9.42. The van der Waals surface area contributed by atoms with Gasteiger partial charge in [0.05, 0.1) is 0 Å². The van der Waals surface area contributed by atoms with Crippen molar-refractivity contribution in [2.75, 3.05) is 0 Å². The number of fused-ring (bicyclic) bond motifs is 1. The van der Waals surface area contributed by atoms with Crippen molar-refractivity contribution in [3.05, 3.63) is 94.6 Å². The summed E-state index contributed by atoms with van der Waals surface area (Å²) >= 11 is 0. The van der Waals surface area contributed by atoms with Crippen molar-refractivity contribution < 1.29 is 0 Å². The third-order valence-electron chi connectivity index (χ3n) is 6.76. The molecule has 1 aromatic carbocycles. The van der Waals surface area contributed by atoms with Crippen molar-refractivity contribution in [3.8, 4) is 0 Å². The highest BCUT2D eigenvalue weighted by Gasteiger charge is 2.31. The molecule has 4 atom stereocenters. The van der Waals surface area contributed by atoms with Crippen LogP contribution in [0.25, 0.3) is 0 Å². The van der Waals surface area contributed by atoms with E-state index >= 15 is 0 Å². The van der Waals surface area contributed by atoms with Crippen molar-refractivity contribution in [2.45, 2.75) is 52.4 Å². The van der Waals surface area contributed by atoms with Crippen LogP contribution in [0.15, 0.2) is 83.5 Å². The van der Waals surface area contributed by atoms with Crippen LogP contribution in [-0.2, 0) is 6.42 Å². The Bertz CT molecular complexity index is 843. The van der Waals surface area contributed by atoms with Crippen LogP contribution in [-0.4, -0.2) is 0 Å². The molecule has 3 aliphatic carbocycles. The van der Waals surface area contributed by atoms with Gasteiger partial charge in [0.25, 0.3) is 0 Å². The first-order chi connectivity index (χ1) is 13.1. The zero-order valence-electron chi connectivity index (χ0n) is 17.0. The molecule has 0 radical (unpaired) electrons. The van der Waals surface area contributed by atoms with Gasteiger partial charge < -0.3 is 0 Å². The van der Waals surface area contributed by atoms with Crippen molar-refractivity contribution in [1.82, 2.24) is 0 Å². The van der Waals surface area contributed by atoms with E-state index in [4.69, 9.17) is 0 Å².